The molecule has 1 aromatic heterocycles. The van der Waals surface area contributed by atoms with E-state index in [4.69, 9.17) is 4.74 Å². The van der Waals surface area contributed by atoms with Crippen molar-refractivity contribution in [2.75, 3.05) is 13.7 Å². The second-order valence-electron chi connectivity index (χ2n) is 3.76. The van der Waals surface area contributed by atoms with Crippen LogP contribution in [-0.4, -0.2) is 30.6 Å². The second kappa shape index (κ2) is 4.94. The number of aromatic nitrogens is 1. The molecule has 1 unspecified atom stereocenters. The summed E-state index contributed by atoms with van der Waals surface area (Å²) in [6.45, 7) is 1.36. The van der Waals surface area contributed by atoms with Crippen LogP contribution in [0.3, 0.4) is 0 Å². The first-order valence-corrected chi connectivity index (χ1v) is 5.27. The molecular weight excluding hydrogens is 206 g/mol. The van der Waals surface area contributed by atoms with Crippen molar-refractivity contribution in [1.82, 2.24) is 15.6 Å². The van der Waals surface area contributed by atoms with Gasteiger partial charge >= 0.3 is 0 Å². The standard InChI is InChI=1S/C11H15N3O2/c1-16-11-8(3-2-4-12-11)6-13-9-5-10(15)14-7-9/h2-4,9,13H,5-7H2,1H3,(H,14,15). The molecule has 0 saturated carbocycles. The summed E-state index contributed by atoms with van der Waals surface area (Å²) in [4.78, 5) is 15.1. The lowest BCUT2D eigenvalue weighted by Crippen LogP contribution is -2.30. The van der Waals surface area contributed by atoms with Gasteiger partial charge in [-0.25, -0.2) is 4.98 Å². The molecule has 1 amide bonds. The van der Waals surface area contributed by atoms with Gasteiger partial charge in [0, 0.05) is 37.3 Å². The molecule has 2 N–H and O–H groups in total. The molecular formula is C11H15N3O2. The van der Waals surface area contributed by atoms with Crippen LogP contribution in [0.2, 0.25) is 0 Å². The molecule has 0 bridgehead atoms. The van der Waals surface area contributed by atoms with E-state index in [-0.39, 0.29) is 11.9 Å². The molecule has 0 radical (unpaired) electrons. The molecule has 86 valence electrons. The molecule has 2 heterocycles. The Balaban J connectivity index is 1.91. The number of carbonyl (C=O) groups is 1. The van der Waals surface area contributed by atoms with Gasteiger partial charge in [-0.2, -0.15) is 0 Å². The summed E-state index contributed by atoms with van der Waals surface area (Å²) in [5, 5.41) is 6.09. The van der Waals surface area contributed by atoms with E-state index in [1.54, 1.807) is 13.3 Å². The predicted octanol–water partition coefficient (Wildman–Crippen LogP) is 0.0683. The Morgan fingerprint density at radius 1 is 1.69 bits per heavy atom. The normalized spacial score (nSPS) is 19.6. The van der Waals surface area contributed by atoms with Gasteiger partial charge in [0.1, 0.15) is 0 Å². The summed E-state index contributed by atoms with van der Waals surface area (Å²) in [6, 6.07) is 4.04. The second-order valence-corrected chi connectivity index (χ2v) is 3.76. The highest BCUT2D eigenvalue weighted by atomic mass is 16.5. The number of ether oxygens (including phenoxy) is 1. The summed E-state index contributed by atoms with van der Waals surface area (Å²) in [5.74, 6) is 0.739. The van der Waals surface area contributed by atoms with E-state index >= 15 is 0 Å². The number of nitrogens with one attached hydrogen (secondary N) is 2. The monoisotopic (exact) mass is 221 g/mol. The summed E-state index contributed by atoms with van der Waals surface area (Å²) in [6.07, 6.45) is 2.24. The lowest BCUT2D eigenvalue weighted by atomic mass is 10.2. The van der Waals surface area contributed by atoms with E-state index in [1.807, 2.05) is 12.1 Å². The van der Waals surface area contributed by atoms with E-state index in [9.17, 15) is 4.79 Å². The Bertz CT molecular complexity index is 381. The summed E-state index contributed by atoms with van der Waals surface area (Å²) in [7, 11) is 1.60. The molecule has 5 heteroatoms. The van der Waals surface area contributed by atoms with Gasteiger partial charge in [0.25, 0.3) is 0 Å². The number of nitrogens with zero attached hydrogens (tertiary/aromatic N) is 1. The fourth-order valence-electron chi connectivity index (χ4n) is 1.75. The molecule has 16 heavy (non-hydrogen) atoms. The van der Waals surface area contributed by atoms with Crippen molar-refractivity contribution in [3.8, 4) is 5.88 Å². The molecule has 1 aromatic rings. The van der Waals surface area contributed by atoms with E-state index in [0.717, 1.165) is 5.56 Å². The third-order valence-corrected chi connectivity index (χ3v) is 2.60. The number of hydrogen-bond donors (Lipinski definition) is 2. The zero-order valence-corrected chi connectivity index (χ0v) is 9.19. The summed E-state index contributed by atoms with van der Waals surface area (Å²) < 4.78 is 5.15. The van der Waals surface area contributed by atoms with E-state index < -0.39 is 0 Å². The maximum Gasteiger partial charge on any atom is 0.221 e. The highest BCUT2D eigenvalue weighted by Crippen LogP contribution is 2.13. The summed E-state index contributed by atoms with van der Waals surface area (Å²) >= 11 is 0. The lowest BCUT2D eigenvalue weighted by Gasteiger charge is -2.11. The first-order valence-electron chi connectivity index (χ1n) is 5.27. The van der Waals surface area contributed by atoms with Crippen LogP contribution >= 0.6 is 0 Å². The Labute approximate surface area is 94.2 Å². The molecule has 1 atom stereocenters. The van der Waals surface area contributed by atoms with Crippen LogP contribution in [0.15, 0.2) is 18.3 Å². The Morgan fingerprint density at radius 2 is 2.56 bits per heavy atom. The van der Waals surface area contributed by atoms with Crippen molar-refractivity contribution in [3.05, 3.63) is 23.9 Å². The van der Waals surface area contributed by atoms with Gasteiger partial charge in [0.05, 0.1) is 7.11 Å². The minimum absolute atomic E-state index is 0.107. The number of methoxy groups -OCH3 is 1. The average Bonchev–Trinajstić information content (AvgIpc) is 2.73. The molecule has 0 aromatic carbocycles. The van der Waals surface area contributed by atoms with Gasteiger partial charge in [0.15, 0.2) is 0 Å². The van der Waals surface area contributed by atoms with Crippen molar-refractivity contribution < 1.29 is 9.53 Å². The zero-order valence-electron chi connectivity index (χ0n) is 9.19. The number of carbonyl (C=O) groups excluding carboxylic acids is 1. The van der Waals surface area contributed by atoms with Crippen molar-refractivity contribution in [3.63, 3.8) is 0 Å². The van der Waals surface area contributed by atoms with Crippen LogP contribution in [0.4, 0.5) is 0 Å². The van der Waals surface area contributed by atoms with E-state index in [2.05, 4.69) is 15.6 Å². The Kier molecular flexibility index (Phi) is 3.36. The molecule has 1 aliphatic heterocycles. The number of pyridine rings is 1. The third kappa shape index (κ3) is 2.49. The fourth-order valence-corrected chi connectivity index (χ4v) is 1.75. The first kappa shape index (κ1) is 10.9. The van der Waals surface area contributed by atoms with Crippen LogP contribution in [0.25, 0.3) is 0 Å². The molecule has 5 nitrogen and oxygen atoms in total. The van der Waals surface area contributed by atoms with Crippen LogP contribution in [0, 0.1) is 0 Å². The van der Waals surface area contributed by atoms with Crippen molar-refractivity contribution in [2.45, 2.75) is 19.0 Å². The molecule has 2 rings (SSSR count). The predicted molar refractivity (Wildman–Crippen MR) is 59.0 cm³/mol. The Hall–Kier alpha value is -1.62. The molecule has 1 aliphatic rings. The fraction of sp³-hybridized carbons (Fsp3) is 0.455. The largest absolute Gasteiger partial charge is 0.481 e. The lowest BCUT2D eigenvalue weighted by molar-refractivity contribution is -0.119. The molecule has 0 spiro atoms. The minimum Gasteiger partial charge on any atom is -0.481 e. The van der Waals surface area contributed by atoms with Gasteiger partial charge in [0.2, 0.25) is 11.8 Å². The molecule has 0 aliphatic carbocycles. The third-order valence-electron chi connectivity index (χ3n) is 2.60. The van der Waals surface area contributed by atoms with Gasteiger partial charge in [-0.3, -0.25) is 4.79 Å². The zero-order chi connectivity index (χ0) is 11.4. The first-order chi connectivity index (χ1) is 7.79. The summed E-state index contributed by atoms with van der Waals surface area (Å²) in [5.41, 5.74) is 1.00. The number of amides is 1. The Morgan fingerprint density at radius 3 is 3.25 bits per heavy atom. The minimum atomic E-state index is 0.107. The maximum absolute atomic E-state index is 11.0. The van der Waals surface area contributed by atoms with E-state index in [1.165, 1.54) is 0 Å². The average molecular weight is 221 g/mol. The van der Waals surface area contributed by atoms with Gasteiger partial charge in [-0.05, 0) is 6.07 Å². The molecule has 1 saturated heterocycles. The van der Waals surface area contributed by atoms with Crippen LogP contribution in [0.1, 0.15) is 12.0 Å². The highest BCUT2D eigenvalue weighted by molar-refractivity contribution is 5.78. The van der Waals surface area contributed by atoms with Crippen LogP contribution in [0.5, 0.6) is 5.88 Å². The van der Waals surface area contributed by atoms with Crippen LogP contribution < -0.4 is 15.4 Å². The molecule has 1 fully saturated rings. The smallest absolute Gasteiger partial charge is 0.221 e. The van der Waals surface area contributed by atoms with Gasteiger partial charge in [-0.1, -0.05) is 6.07 Å². The number of rotatable bonds is 4. The number of hydrogen-bond acceptors (Lipinski definition) is 4. The van der Waals surface area contributed by atoms with Crippen molar-refractivity contribution in [1.29, 1.82) is 0 Å². The van der Waals surface area contributed by atoms with Gasteiger partial charge in [-0.15, -0.1) is 0 Å². The highest BCUT2D eigenvalue weighted by Gasteiger charge is 2.20. The SMILES string of the molecule is COc1ncccc1CNC1CNC(=O)C1. The van der Waals surface area contributed by atoms with Crippen molar-refractivity contribution in [2.24, 2.45) is 0 Å². The quantitative estimate of drug-likeness (QED) is 0.755. The maximum atomic E-state index is 11.0. The van der Waals surface area contributed by atoms with E-state index in [0.29, 0.717) is 25.4 Å². The van der Waals surface area contributed by atoms with Crippen molar-refractivity contribution >= 4 is 5.91 Å². The van der Waals surface area contributed by atoms with Crippen LogP contribution in [-0.2, 0) is 11.3 Å². The van der Waals surface area contributed by atoms with Gasteiger partial charge < -0.3 is 15.4 Å². The topological polar surface area (TPSA) is 63.2 Å².